The maximum Gasteiger partial charge on any atom is 0.264 e. The highest BCUT2D eigenvalue weighted by Gasteiger charge is 2.28. The lowest BCUT2D eigenvalue weighted by atomic mass is 9.96. The maximum absolute atomic E-state index is 12.2. The van der Waals surface area contributed by atoms with Crippen LogP contribution in [0, 0.1) is 12.8 Å². The number of aliphatic hydroxyl groups excluding tert-OH is 1. The maximum atomic E-state index is 12.2. The number of carbonyl (C=O) groups is 1. The van der Waals surface area contributed by atoms with Gasteiger partial charge in [-0.25, -0.2) is 0 Å². The first-order chi connectivity index (χ1) is 7.59. The molecule has 1 fully saturated rings. The highest BCUT2D eigenvalue weighted by molar-refractivity contribution is 7.12. The van der Waals surface area contributed by atoms with Gasteiger partial charge in [0.2, 0.25) is 0 Å². The zero-order valence-electron chi connectivity index (χ0n) is 9.64. The molecule has 0 radical (unpaired) electrons. The van der Waals surface area contributed by atoms with Crippen LogP contribution in [0.5, 0.6) is 0 Å². The van der Waals surface area contributed by atoms with Crippen molar-refractivity contribution in [3.63, 3.8) is 0 Å². The molecule has 4 heteroatoms. The summed E-state index contributed by atoms with van der Waals surface area (Å²) in [7, 11) is 0. The van der Waals surface area contributed by atoms with Gasteiger partial charge >= 0.3 is 0 Å². The van der Waals surface area contributed by atoms with Crippen LogP contribution < -0.4 is 0 Å². The molecular formula is C12H17NO2S. The van der Waals surface area contributed by atoms with Crippen LogP contribution in [0.1, 0.15) is 28.6 Å². The third-order valence-electron chi connectivity index (χ3n) is 3.26. The molecule has 2 rings (SSSR count). The van der Waals surface area contributed by atoms with Crippen LogP contribution >= 0.6 is 11.3 Å². The Kier molecular flexibility index (Phi) is 3.30. The first-order valence-electron chi connectivity index (χ1n) is 5.61. The van der Waals surface area contributed by atoms with Gasteiger partial charge in [-0.05, 0) is 36.3 Å². The summed E-state index contributed by atoms with van der Waals surface area (Å²) in [5, 5.41) is 11.7. The normalized spacial score (nSPS) is 25.8. The lowest BCUT2D eigenvalue weighted by molar-refractivity contribution is 0.0251. The molecule has 2 unspecified atom stereocenters. The van der Waals surface area contributed by atoms with E-state index in [0.29, 0.717) is 12.5 Å². The number of nitrogens with zero attached hydrogens (tertiary/aromatic N) is 1. The molecule has 0 spiro atoms. The van der Waals surface area contributed by atoms with E-state index in [-0.39, 0.29) is 12.0 Å². The number of aryl methyl sites for hydroxylation is 1. The monoisotopic (exact) mass is 239 g/mol. The molecule has 88 valence electrons. The van der Waals surface area contributed by atoms with E-state index in [4.69, 9.17) is 0 Å². The summed E-state index contributed by atoms with van der Waals surface area (Å²) in [6.45, 7) is 5.21. The Labute approximate surface area is 99.7 Å². The van der Waals surface area contributed by atoms with Gasteiger partial charge in [-0.1, -0.05) is 6.92 Å². The molecule has 0 aliphatic carbocycles. The number of aliphatic hydroxyl groups is 1. The lowest BCUT2D eigenvalue weighted by Gasteiger charge is -2.34. The summed E-state index contributed by atoms with van der Waals surface area (Å²) in [4.78, 5) is 14.7. The number of carbonyl (C=O) groups excluding carboxylic acids is 1. The average Bonchev–Trinajstić information content (AvgIpc) is 2.67. The number of amides is 1. The van der Waals surface area contributed by atoms with Crippen LogP contribution in [0.15, 0.2) is 11.4 Å². The fourth-order valence-corrected chi connectivity index (χ4v) is 2.86. The van der Waals surface area contributed by atoms with Crippen molar-refractivity contribution in [2.45, 2.75) is 26.4 Å². The Hall–Kier alpha value is -0.870. The number of β-amino-alcohol motifs (C(OH)–C–C–N with tert-alkyl or cyclic N) is 1. The molecule has 1 N–H and O–H groups in total. The number of thiophene rings is 1. The summed E-state index contributed by atoms with van der Waals surface area (Å²) in [5.74, 6) is 0.368. The Balaban J connectivity index is 2.09. The molecule has 2 atom stereocenters. The quantitative estimate of drug-likeness (QED) is 0.813. The summed E-state index contributed by atoms with van der Waals surface area (Å²) >= 11 is 1.48. The van der Waals surface area contributed by atoms with Crippen LogP contribution in [-0.4, -0.2) is 35.1 Å². The van der Waals surface area contributed by atoms with E-state index in [9.17, 15) is 9.90 Å². The van der Waals surface area contributed by atoms with Crippen molar-refractivity contribution in [3.8, 4) is 0 Å². The molecule has 3 nitrogen and oxygen atoms in total. The molecule has 1 aromatic rings. The van der Waals surface area contributed by atoms with Crippen molar-refractivity contribution in [3.05, 3.63) is 21.9 Å². The standard InChI is InChI=1S/C12H17NO2S/c1-8-3-5-13(7-10(8)14)12(15)11-9(2)4-6-16-11/h4,6,8,10,14H,3,5,7H2,1-2H3. The van der Waals surface area contributed by atoms with Gasteiger partial charge in [-0.3, -0.25) is 4.79 Å². The Bertz CT molecular complexity index is 388. The molecule has 0 saturated carbocycles. The SMILES string of the molecule is Cc1ccsc1C(=O)N1CCC(C)C(O)C1. The van der Waals surface area contributed by atoms with E-state index in [1.54, 1.807) is 4.90 Å². The van der Waals surface area contributed by atoms with Crippen LogP contribution in [0.3, 0.4) is 0 Å². The second-order valence-electron chi connectivity index (χ2n) is 4.52. The van der Waals surface area contributed by atoms with Crippen molar-refractivity contribution in [2.75, 3.05) is 13.1 Å². The second-order valence-corrected chi connectivity index (χ2v) is 5.43. The van der Waals surface area contributed by atoms with Crippen molar-refractivity contribution >= 4 is 17.2 Å². The zero-order chi connectivity index (χ0) is 11.7. The Morgan fingerprint density at radius 2 is 2.38 bits per heavy atom. The zero-order valence-corrected chi connectivity index (χ0v) is 10.5. The van der Waals surface area contributed by atoms with E-state index in [2.05, 4.69) is 0 Å². The van der Waals surface area contributed by atoms with Crippen LogP contribution in [0.4, 0.5) is 0 Å². The number of hydrogen-bond acceptors (Lipinski definition) is 3. The fraction of sp³-hybridized carbons (Fsp3) is 0.583. The largest absolute Gasteiger partial charge is 0.391 e. The van der Waals surface area contributed by atoms with Crippen molar-refractivity contribution in [1.29, 1.82) is 0 Å². The molecule has 1 aliphatic heterocycles. The third kappa shape index (κ3) is 2.13. The van der Waals surface area contributed by atoms with Gasteiger partial charge in [0.1, 0.15) is 0 Å². The molecule has 1 aromatic heterocycles. The molecule has 1 amide bonds. The van der Waals surface area contributed by atoms with E-state index in [0.717, 1.165) is 23.4 Å². The number of piperidine rings is 1. The van der Waals surface area contributed by atoms with Crippen molar-refractivity contribution < 1.29 is 9.90 Å². The topological polar surface area (TPSA) is 40.5 Å². The number of likely N-dealkylation sites (tertiary alicyclic amines) is 1. The summed E-state index contributed by atoms with van der Waals surface area (Å²) in [6.07, 6.45) is 0.509. The van der Waals surface area contributed by atoms with Crippen LogP contribution in [0.25, 0.3) is 0 Å². The molecular weight excluding hydrogens is 222 g/mol. The minimum absolute atomic E-state index is 0.0680. The van der Waals surface area contributed by atoms with Gasteiger partial charge < -0.3 is 10.0 Å². The lowest BCUT2D eigenvalue weighted by Crippen LogP contribution is -2.45. The molecule has 1 aliphatic rings. The van der Waals surface area contributed by atoms with E-state index in [1.165, 1.54) is 11.3 Å². The number of rotatable bonds is 1. The van der Waals surface area contributed by atoms with Crippen molar-refractivity contribution in [1.82, 2.24) is 4.90 Å². The first-order valence-corrected chi connectivity index (χ1v) is 6.49. The summed E-state index contributed by atoms with van der Waals surface area (Å²) in [5.41, 5.74) is 1.03. The number of hydrogen-bond donors (Lipinski definition) is 1. The van der Waals surface area contributed by atoms with Gasteiger partial charge in [-0.2, -0.15) is 0 Å². The predicted molar refractivity (Wildman–Crippen MR) is 64.7 cm³/mol. The highest BCUT2D eigenvalue weighted by atomic mass is 32.1. The van der Waals surface area contributed by atoms with Crippen molar-refractivity contribution in [2.24, 2.45) is 5.92 Å². The van der Waals surface area contributed by atoms with Gasteiger partial charge in [0.25, 0.3) is 5.91 Å². The van der Waals surface area contributed by atoms with Gasteiger partial charge in [0.05, 0.1) is 11.0 Å². The summed E-state index contributed by atoms with van der Waals surface area (Å²) < 4.78 is 0. The van der Waals surface area contributed by atoms with E-state index in [1.807, 2.05) is 25.3 Å². The van der Waals surface area contributed by atoms with Crippen LogP contribution in [-0.2, 0) is 0 Å². The van der Waals surface area contributed by atoms with E-state index < -0.39 is 0 Å². The van der Waals surface area contributed by atoms with E-state index >= 15 is 0 Å². The first kappa shape index (κ1) is 11.6. The van der Waals surface area contributed by atoms with Gasteiger partial charge in [0.15, 0.2) is 0 Å². The van der Waals surface area contributed by atoms with Gasteiger partial charge in [-0.15, -0.1) is 11.3 Å². The van der Waals surface area contributed by atoms with Gasteiger partial charge in [0, 0.05) is 13.1 Å². The molecule has 0 aromatic carbocycles. The smallest absolute Gasteiger partial charge is 0.264 e. The molecule has 16 heavy (non-hydrogen) atoms. The average molecular weight is 239 g/mol. The minimum atomic E-state index is -0.377. The molecule has 2 heterocycles. The predicted octanol–water partition coefficient (Wildman–Crippen LogP) is 1.90. The Morgan fingerprint density at radius 3 is 2.94 bits per heavy atom. The highest BCUT2D eigenvalue weighted by Crippen LogP contribution is 2.22. The minimum Gasteiger partial charge on any atom is -0.391 e. The second kappa shape index (κ2) is 4.55. The summed E-state index contributed by atoms with van der Waals surface area (Å²) in [6, 6.07) is 1.96. The Morgan fingerprint density at radius 1 is 1.62 bits per heavy atom. The molecule has 0 bridgehead atoms. The fourth-order valence-electron chi connectivity index (χ4n) is 1.97. The molecule has 1 saturated heterocycles. The van der Waals surface area contributed by atoms with Crippen LogP contribution in [0.2, 0.25) is 0 Å². The third-order valence-corrected chi connectivity index (χ3v) is 4.27.